The first-order valence-electron chi connectivity index (χ1n) is 15.0. The van der Waals surface area contributed by atoms with Crippen LogP contribution in [0, 0.1) is 33.7 Å². The molecule has 4 atom stereocenters. The van der Waals surface area contributed by atoms with Crippen molar-refractivity contribution in [2.45, 2.75) is 45.1 Å². The van der Waals surface area contributed by atoms with Gasteiger partial charge in [-0.25, -0.2) is 9.29 Å². The molecule has 1 fully saturated rings. The first kappa shape index (κ1) is 31.7. The van der Waals surface area contributed by atoms with Gasteiger partial charge in [0.15, 0.2) is 11.6 Å². The van der Waals surface area contributed by atoms with E-state index in [1.807, 2.05) is 37.3 Å². The van der Waals surface area contributed by atoms with E-state index in [1.54, 1.807) is 12.1 Å². The number of amides is 2. The molecular formula is C35H35FN2O7. The largest absolute Gasteiger partial charge is 0.505 e. The molecule has 234 valence electrons. The molecule has 1 aliphatic carbocycles. The summed E-state index contributed by atoms with van der Waals surface area (Å²) in [6.07, 6.45) is 2.89. The van der Waals surface area contributed by atoms with Gasteiger partial charge in [-0.15, -0.1) is 0 Å². The second-order valence-corrected chi connectivity index (χ2v) is 11.5. The molecule has 3 N–H and O–H groups in total. The van der Waals surface area contributed by atoms with Crippen LogP contribution >= 0.6 is 0 Å². The number of imide groups is 1. The number of allylic oxidation sites excluding steroid dienone is 2. The monoisotopic (exact) mass is 614 g/mol. The minimum absolute atomic E-state index is 0.104. The molecule has 1 saturated heterocycles. The zero-order chi connectivity index (χ0) is 32.2. The standard InChI is InChI=1S/C35H35FN2O7/c1-2-7-24-18-27-33(35(43)37(34(27)42)25-10-6-11-26(19-25)38(44)45)28(20-39)32(24)31(41)15-13-23(22-8-4-3-5-9-22)16-21-12-14-30(40)29(36)17-21/h3-6,8-12,14,16-17,19,27-28,31,33,39-41H,2,7,13,15,18,20H2,1H3/b23-16-/t27-,28+,31-,33-/m1/s1. The van der Waals surface area contributed by atoms with Gasteiger partial charge in [0, 0.05) is 18.1 Å². The Hall–Kier alpha value is -4.67. The van der Waals surface area contributed by atoms with Gasteiger partial charge in [0.1, 0.15) is 0 Å². The fourth-order valence-corrected chi connectivity index (χ4v) is 6.71. The van der Waals surface area contributed by atoms with E-state index in [9.17, 15) is 39.4 Å². The number of aliphatic hydroxyl groups excluding tert-OH is 2. The molecule has 3 aromatic carbocycles. The number of hydrogen-bond donors (Lipinski definition) is 3. The van der Waals surface area contributed by atoms with Crippen LogP contribution in [0.15, 0.2) is 83.9 Å². The number of phenols is 1. The van der Waals surface area contributed by atoms with E-state index in [1.165, 1.54) is 36.4 Å². The van der Waals surface area contributed by atoms with E-state index in [0.29, 0.717) is 24.0 Å². The maximum absolute atomic E-state index is 14.1. The average Bonchev–Trinajstić information content (AvgIpc) is 3.29. The number of nitro benzene ring substituents is 1. The average molecular weight is 615 g/mol. The first-order valence-corrected chi connectivity index (χ1v) is 15.0. The number of aliphatic hydroxyl groups is 2. The van der Waals surface area contributed by atoms with E-state index in [2.05, 4.69) is 0 Å². The maximum Gasteiger partial charge on any atom is 0.271 e. The number of carbonyl (C=O) groups is 2. The fourth-order valence-electron chi connectivity index (χ4n) is 6.71. The second-order valence-electron chi connectivity index (χ2n) is 11.5. The van der Waals surface area contributed by atoms with E-state index >= 15 is 0 Å². The smallest absolute Gasteiger partial charge is 0.271 e. The summed E-state index contributed by atoms with van der Waals surface area (Å²) < 4.78 is 14.1. The summed E-state index contributed by atoms with van der Waals surface area (Å²) in [5.74, 6) is -4.70. The predicted molar refractivity (Wildman–Crippen MR) is 167 cm³/mol. The predicted octanol–water partition coefficient (Wildman–Crippen LogP) is 6.04. The number of benzene rings is 3. The van der Waals surface area contributed by atoms with Gasteiger partial charge in [-0.05, 0) is 66.2 Å². The van der Waals surface area contributed by atoms with Crippen LogP contribution in [0.25, 0.3) is 11.6 Å². The number of phenolic OH excluding ortho intramolecular Hbond substituents is 1. The Morgan fingerprint density at radius 1 is 1.09 bits per heavy atom. The van der Waals surface area contributed by atoms with Crippen molar-refractivity contribution in [1.29, 1.82) is 0 Å². The summed E-state index contributed by atoms with van der Waals surface area (Å²) in [5.41, 5.74) is 3.47. The summed E-state index contributed by atoms with van der Waals surface area (Å²) in [5, 5.41) is 43.3. The van der Waals surface area contributed by atoms with Crippen LogP contribution in [-0.4, -0.2) is 44.8 Å². The molecule has 0 saturated carbocycles. The SMILES string of the molecule is CCCC1=C([C@H](O)CC/C(=C/c2ccc(O)c(F)c2)c2ccccc2)[C@H](CO)[C@@H]2C(=O)N(c3cccc([N+](=O)[O-])c3)C(=O)[C@@H]2C1. The highest BCUT2D eigenvalue weighted by atomic mass is 19.1. The Kier molecular flexibility index (Phi) is 9.55. The lowest BCUT2D eigenvalue weighted by Gasteiger charge is -2.36. The van der Waals surface area contributed by atoms with Crippen LogP contribution in [0.5, 0.6) is 5.75 Å². The molecule has 10 heteroatoms. The van der Waals surface area contributed by atoms with E-state index < -0.39 is 58.8 Å². The molecule has 0 aromatic heterocycles. The van der Waals surface area contributed by atoms with Crippen molar-refractivity contribution in [1.82, 2.24) is 0 Å². The molecule has 2 amide bonds. The fraction of sp³-hybridized carbons (Fsp3) is 0.314. The summed E-state index contributed by atoms with van der Waals surface area (Å²) in [7, 11) is 0. The summed E-state index contributed by atoms with van der Waals surface area (Å²) in [4.78, 5) is 39.2. The minimum Gasteiger partial charge on any atom is -0.505 e. The third kappa shape index (κ3) is 6.43. The third-order valence-electron chi connectivity index (χ3n) is 8.73. The van der Waals surface area contributed by atoms with Crippen LogP contribution in [0.2, 0.25) is 0 Å². The summed E-state index contributed by atoms with van der Waals surface area (Å²) in [6, 6.07) is 18.9. The zero-order valence-corrected chi connectivity index (χ0v) is 24.8. The van der Waals surface area contributed by atoms with Gasteiger partial charge in [0.25, 0.3) is 5.69 Å². The lowest BCUT2D eigenvalue weighted by molar-refractivity contribution is -0.384. The van der Waals surface area contributed by atoms with Crippen molar-refractivity contribution in [2.24, 2.45) is 17.8 Å². The van der Waals surface area contributed by atoms with Gasteiger partial charge < -0.3 is 15.3 Å². The van der Waals surface area contributed by atoms with Crippen molar-refractivity contribution >= 4 is 34.8 Å². The van der Waals surface area contributed by atoms with E-state index in [-0.39, 0.29) is 24.2 Å². The Labute approximate surface area is 260 Å². The number of rotatable bonds is 11. The Morgan fingerprint density at radius 2 is 1.84 bits per heavy atom. The van der Waals surface area contributed by atoms with E-state index in [4.69, 9.17) is 0 Å². The van der Waals surface area contributed by atoms with Crippen molar-refractivity contribution in [3.8, 4) is 5.75 Å². The molecular weight excluding hydrogens is 579 g/mol. The molecule has 9 nitrogen and oxygen atoms in total. The van der Waals surface area contributed by atoms with Gasteiger partial charge >= 0.3 is 0 Å². The van der Waals surface area contributed by atoms with Gasteiger partial charge in [-0.3, -0.25) is 19.7 Å². The molecule has 0 bridgehead atoms. The number of nitrogens with zero attached hydrogens (tertiary/aromatic N) is 2. The van der Waals surface area contributed by atoms with Crippen molar-refractivity contribution in [2.75, 3.05) is 11.5 Å². The minimum atomic E-state index is -1.04. The number of non-ortho nitro benzene ring substituents is 1. The van der Waals surface area contributed by atoms with Crippen LogP contribution in [0.1, 0.15) is 50.2 Å². The van der Waals surface area contributed by atoms with Gasteiger partial charge in [-0.1, -0.05) is 67.5 Å². The first-order chi connectivity index (χ1) is 21.6. The highest BCUT2D eigenvalue weighted by Crippen LogP contribution is 2.48. The van der Waals surface area contributed by atoms with Crippen molar-refractivity contribution in [3.63, 3.8) is 0 Å². The Balaban J connectivity index is 1.45. The van der Waals surface area contributed by atoms with Crippen LogP contribution in [0.4, 0.5) is 15.8 Å². The molecule has 0 unspecified atom stereocenters. The van der Waals surface area contributed by atoms with Crippen LogP contribution in [0.3, 0.4) is 0 Å². The number of hydrogen-bond acceptors (Lipinski definition) is 7. The van der Waals surface area contributed by atoms with Crippen molar-refractivity contribution < 1.29 is 34.2 Å². The number of anilines is 1. The summed E-state index contributed by atoms with van der Waals surface area (Å²) in [6.45, 7) is 1.51. The molecule has 0 spiro atoms. The molecule has 45 heavy (non-hydrogen) atoms. The molecule has 1 aliphatic heterocycles. The lowest BCUT2D eigenvalue weighted by atomic mass is 9.67. The molecule has 2 aliphatic rings. The van der Waals surface area contributed by atoms with Gasteiger partial charge in [-0.2, -0.15) is 0 Å². The maximum atomic E-state index is 14.1. The highest BCUT2D eigenvalue weighted by Gasteiger charge is 2.55. The zero-order valence-electron chi connectivity index (χ0n) is 24.8. The molecule has 1 heterocycles. The van der Waals surface area contributed by atoms with Gasteiger partial charge in [0.2, 0.25) is 11.8 Å². The lowest BCUT2D eigenvalue weighted by Crippen LogP contribution is -2.39. The Bertz CT molecular complexity index is 1670. The quantitative estimate of drug-likeness (QED) is 0.0787. The number of aromatic hydroxyl groups is 1. The number of nitro groups is 1. The molecule has 5 rings (SSSR count). The number of fused-ring (bicyclic) bond motifs is 1. The van der Waals surface area contributed by atoms with Crippen molar-refractivity contribution in [3.05, 3.63) is 111 Å². The summed E-state index contributed by atoms with van der Waals surface area (Å²) >= 11 is 0. The van der Waals surface area contributed by atoms with Crippen LogP contribution < -0.4 is 4.90 Å². The highest BCUT2D eigenvalue weighted by molar-refractivity contribution is 6.22. The topological polar surface area (TPSA) is 141 Å². The normalized spacial score (nSPS) is 20.8. The molecule has 3 aromatic rings. The second kappa shape index (κ2) is 13.5. The van der Waals surface area contributed by atoms with Gasteiger partial charge in [0.05, 0.1) is 35.2 Å². The van der Waals surface area contributed by atoms with Crippen LogP contribution in [-0.2, 0) is 9.59 Å². The molecule has 0 radical (unpaired) electrons. The van der Waals surface area contributed by atoms with E-state index in [0.717, 1.165) is 28.0 Å². The third-order valence-corrected chi connectivity index (χ3v) is 8.73. The Morgan fingerprint density at radius 3 is 2.51 bits per heavy atom. The number of halogens is 1. The number of carbonyl (C=O) groups excluding carboxylic acids is 2.